The first kappa shape index (κ1) is 20.7. The highest BCUT2D eigenvalue weighted by Crippen LogP contribution is 2.21. The quantitative estimate of drug-likeness (QED) is 0.381. The molecule has 156 valence electrons. The first-order valence-electron chi connectivity index (χ1n) is 8.91. The van der Waals surface area contributed by atoms with E-state index in [-0.39, 0.29) is 30.5 Å². The summed E-state index contributed by atoms with van der Waals surface area (Å²) in [6.07, 6.45) is -0.635. The highest BCUT2D eigenvalue weighted by atomic mass is 16.9. The van der Waals surface area contributed by atoms with Crippen molar-refractivity contribution in [1.82, 2.24) is 5.06 Å². The van der Waals surface area contributed by atoms with E-state index in [0.29, 0.717) is 5.06 Å². The van der Waals surface area contributed by atoms with Crippen LogP contribution < -0.4 is 4.90 Å². The van der Waals surface area contributed by atoms with Crippen molar-refractivity contribution in [2.75, 3.05) is 4.90 Å². The van der Waals surface area contributed by atoms with Crippen LogP contribution in [0.2, 0.25) is 0 Å². The molecule has 0 saturated carbocycles. The number of hydrogen-bond acceptors (Lipinski definition) is 9. The summed E-state index contributed by atoms with van der Waals surface area (Å²) >= 11 is 0. The predicted molar refractivity (Wildman–Crippen MR) is 96.2 cm³/mol. The molecule has 11 heteroatoms. The van der Waals surface area contributed by atoms with E-state index in [1.165, 1.54) is 24.3 Å². The van der Waals surface area contributed by atoms with Crippen LogP contribution >= 0.6 is 0 Å². The summed E-state index contributed by atoms with van der Waals surface area (Å²) in [4.78, 5) is 76.1. The highest BCUT2D eigenvalue weighted by molar-refractivity contribution is 6.28. The fourth-order valence-electron chi connectivity index (χ4n) is 2.67. The molecule has 1 saturated heterocycles. The third-order valence-electron chi connectivity index (χ3n) is 4.12. The topological polar surface area (TPSA) is 137 Å². The zero-order valence-corrected chi connectivity index (χ0v) is 15.7. The summed E-state index contributed by atoms with van der Waals surface area (Å²) in [6.45, 7) is 1.56. The first-order chi connectivity index (χ1) is 14.3. The van der Waals surface area contributed by atoms with Crippen molar-refractivity contribution in [1.29, 1.82) is 0 Å². The number of hydrogen-bond donors (Lipinski definition) is 0. The average molecular weight is 416 g/mol. The van der Waals surface area contributed by atoms with Crippen LogP contribution in [0.1, 0.15) is 36.5 Å². The van der Waals surface area contributed by atoms with Gasteiger partial charge in [-0.15, -0.1) is 0 Å². The zero-order chi connectivity index (χ0) is 21.8. The molecule has 0 aromatic heterocycles. The number of ether oxygens (including phenoxy) is 2. The van der Waals surface area contributed by atoms with Crippen molar-refractivity contribution >= 4 is 41.4 Å². The number of anilines is 1. The Kier molecular flexibility index (Phi) is 5.90. The molecule has 0 radical (unpaired) electrons. The van der Waals surface area contributed by atoms with Crippen LogP contribution in [0.4, 0.5) is 10.5 Å². The van der Waals surface area contributed by atoms with Gasteiger partial charge < -0.3 is 9.47 Å². The average Bonchev–Trinajstić information content (AvgIpc) is 3.22. The van der Waals surface area contributed by atoms with Gasteiger partial charge in [0.1, 0.15) is 0 Å². The van der Waals surface area contributed by atoms with E-state index in [1.54, 1.807) is 6.92 Å². The molecular formula is C19H16N2O9. The van der Waals surface area contributed by atoms with Crippen LogP contribution in [0.3, 0.4) is 0 Å². The molecule has 0 spiro atoms. The first-order valence-corrected chi connectivity index (χ1v) is 8.91. The fraction of sp³-hybridized carbons (Fsp3) is 0.263. The molecule has 1 aromatic rings. The molecule has 2 aliphatic heterocycles. The van der Waals surface area contributed by atoms with Gasteiger partial charge in [0, 0.05) is 31.4 Å². The van der Waals surface area contributed by atoms with Crippen molar-refractivity contribution in [3.63, 3.8) is 0 Å². The second-order valence-corrected chi connectivity index (χ2v) is 6.18. The van der Waals surface area contributed by atoms with E-state index in [1.807, 2.05) is 0 Å². The van der Waals surface area contributed by atoms with E-state index in [0.717, 1.165) is 17.1 Å². The molecule has 2 aliphatic rings. The lowest BCUT2D eigenvalue weighted by Gasteiger charge is -2.19. The normalized spacial score (nSPS) is 16.8. The minimum Gasteiger partial charge on any atom is -0.421 e. The monoisotopic (exact) mass is 416 g/mol. The Labute approximate surface area is 169 Å². The molecule has 0 aliphatic carbocycles. The van der Waals surface area contributed by atoms with E-state index >= 15 is 0 Å². The molecule has 1 atom stereocenters. The maximum absolute atomic E-state index is 12.4. The second kappa shape index (κ2) is 8.55. The highest BCUT2D eigenvalue weighted by Gasteiger charge is 2.34. The molecule has 1 aromatic carbocycles. The molecule has 1 fully saturated rings. The third kappa shape index (κ3) is 4.35. The maximum atomic E-state index is 12.4. The molecular weight excluding hydrogens is 400 g/mol. The lowest BCUT2D eigenvalue weighted by Crippen LogP contribution is -2.34. The van der Waals surface area contributed by atoms with E-state index < -0.39 is 42.0 Å². The van der Waals surface area contributed by atoms with Gasteiger partial charge in [0.15, 0.2) is 0 Å². The van der Waals surface area contributed by atoms with E-state index in [4.69, 9.17) is 9.47 Å². The predicted octanol–water partition coefficient (Wildman–Crippen LogP) is 1.23. The van der Waals surface area contributed by atoms with Crippen molar-refractivity contribution in [2.24, 2.45) is 0 Å². The number of imide groups is 2. The van der Waals surface area contributed by atoms with E-state index in [9.17, 15) is 28.8 Å². The lowest BCUT2D eigenvalue weighted by atomic mass is 10.2. The summed E-state index contributed by atoms with van der Waals surface area (Å²) in [5.74, 6) is -3.35. The summed E-state index contributed by atoms with van der Waals surface area (Å²) in [5.41, 5.74) is 0.171. The molecule has 3 rings (SSSR count). The van der Waals surface area contributed by atoms with Gasteiger partial charge in [-0.2, -0.15) is 0 Å². The number of carbonyl (C=O) groups is 6. The lowest BCUT2D eigenvalue weighted by molar-refractivity contribution is -0.185. The fourth-order valence-corrected chi connectivity index (χ4v) is 2.67. The zero-order valence-electron chi connectivity index (χ0n) is 15.7. The SMILES string of the molecule is CCC(OC(=O)ON1C(=O)CCC1=O)OC(=O)c1cccc(N2C(=O)C=CC2=O)c1. The third-order valence-corrected chi connectivity index (χ3v) is 4.12. The van der Waals surface area contributed by atoms with Gasteiger partial charge in [-0.1, -0.05) is 18.1 Å². The van der Waals surface area contributed by atoms with Crippen LogP contribution in [-0.4, -0.2) is 47.1 Å². The maximum Gasteiger partial charge on any atom is 0.537 e. The van der Waals surface area contributed by atoms with Crippen LogP contribution in [0.15, 0.2) is 36.4 Å². The smallest absolute Gasteiger partial charge is 0.421 e. The number of amides is 4. The van der Waals surface area contributed by atoms with Crippen molar-refractivity contribution < 1.29 is 43.1 Å². The minimum atomic E-state index is -1.38. The molecule has 30 heavy (non-hydrogen) atoms. The second-order valence-electron chi connectivity index (χ2n) is 6.18. The molecule has 0 bridgehead atoms. The summed E-state index contributed by atoms with van der Waals surface area (Å²) < 4.78 is 9.93. The number of nitrogens with zero attached hydrogens (tertiary/aromatic N) is 2. The number of carbonyl (C=O) groups excluding carboxylic acids is 6. The van der Waals surface area contributed by atoms with E-state index in [2.05, 4.69) is 4.84 Å². The van der Waals surface area contributed by atoms with Gasteiger partial charge in [0.05, 0.1) is 11.3 Å². The number of hydroxylamine groups is 2. The number of benzene rings is 1. The van der Waals surface area contributed by atoms with Gasteiger partial charge in [0.25, 0.3) is 29.9 Å². The van der Waals surface area contributed by atoms with Crippen molar-refractivity contribution in [3.05, 3.63) is 42.0 Å². The summed E-state index contributed by atoms with van der Waals surface area (Å²) in [5, 5.41) is 0.304. The van der Waals surface area contributed by atoms with Gasteiger partial charge in [-0.05, 0) is 18.2 Å². The standard InChI is InChI=1S/C19H16N2O9/c1-2-17(29-19(27)30-21-15(24)8-9-16(21)25)28-18(26)11-4-3-5-12(10-11)20-13(22)6-7-14(20)23/h3-7,10,17H,2,8-9H2,1H3. The Morgan fingerprint density at radius 2 is 1.63 bits per heavy atom. The summed E-state index contributed by atoms with van der Waals surface area (Å²) in [7, 11) is 0. The Morgan fingerprint density at radius 1 is 1.00 bits per heavy atom. The summed E-state index contributed by atoms with van der Waals surface area (Å²) in [6, 6.07) is 5.58. The molecule has 2 heterocycles. The van der Waals surface area contributed by atoms with Crippen LogP contribution in [0.25, 0.3) is 0 Å². The Bertz CT molecular complexity index is 935. The molecule has 11 nitrogen and oxygen atoms in total. The van der Waals surface area contributed by atoms with Gasteiger partial charge in [-0.25, -0.2) is 14.5 Å². The Morgan fingerprint density at radius 3 is 2.23 bits per heavy atom. The Hall–Kier alpha value is -4.02. The van der Waals surface area contributed by atoms with Gasteiger partial charge in [0.2, 0.25) is 0 Å². The number of rotatable bonds is 6. The van der Waals surface area contributed by atoms with Gasteiger partial charge in [-0.3, -0.25) is 24.0 Å². The van der Waals surface area contributed by atoms with Crippen LogP contribution in [-0.2, 0) is 33.5 Å². The molecule has 1 unspecified atom stereocenters. The van der Waals surface area contributed by atoms with Crippen molar-refractivity contribution in [3.8, 4) is 0 Å². The van der Waals surface area contributed by atoms with Crippen molar-refractivity contribution in [2.45, 2.75) is 32.5 Å². The molecule has 4 amide bonds. The van der Waals surface area contributed by atoms with Crippen LogP contribution in [0.5, 0.6) is 0 Å². The van der Waals surface area contributed by atoms with Crippen LogP contribution in [0, 0.1) is 0 Å². The Balaban J connectivity index is 1.62. The minimum absolute atomic E-state index is 0.000292. The number of esters is 1. The largest absolute Gasteiger partial charge is 0.537 e. The van der Waals surface area contributed by atoms with Gasteiger partial charge >= 0.3 is 12.1 Å². The molecule has 0 N–H and O–H groups in total.